The number of hydrogen-bond acceptors (Lipinski definition) is 4. The number of carbonyl (C=O) groups excluding carboxylic acids is 1. The van der Waals surface area contributed by atoms with Gasteiger partial charge in [-0.2, -0.15) is 0 Å². The van der Waals surface area contributed by atoms with Crippen molar-refractivity contribution in [3.8, 4) is 0 Å². The van der Waals surface area contributed by atoms with Gasteiger partial charge in [-0.25, -0.2) is 4.98 Å². The number of nitrogens with one attached hydrogen (secondary N) is 1. The normalized spacial score (nSPS) is 16.9. The first-order valence-electron chi connectivity index (χ1n) is 7.57. The molecule has 116 valence electrons. The number of nitrogen functional groups attached to an aromatic ring is 1. The first-order chi connectivity index (χ1) is 9.84. The van der Waals surface area contributed by atoms with E-state index in [4.69, 9.17) is 5.73 Å². The molecule has 0 unspecified atom stereocenters. The molecule has 0 bridgehead atoms. The monoisotopic (exact) mass is 290 g/mol. The molecule has 5 heteroatoms. The minimum Gasteiger partial charge on any atom is -0.384 e. The lowest BCUT2D eigenvalue weighted by atomic mass is 9.75. The van der Waals surface area contributed by atoms with Crippen LogP contribution < -0.4 is 11.1 Å². The number of rotatable bonds is 5. The summed E-state index contributed by atoms with van der Waals surface area (Å²) < 4.78 is 0. The average Bonchev–Trinajstić information content (AvgIpc) is 2.35. The first kappa shape index (κ1) is 15.8. The summed E-state index contributed by atoms with van der Waals surface area (Å²) in [6.45, 7) is 4.76. The van der Waals surface area contributed by atoms with Gasteiger partial charge in [-0.1, -0.05) is 13.8 Å². The van der Waals surface area contributed by atoms with E-state index in [1.165, 1.54) is 6.42 Å². The molecule has 0 aliphatic heterocycles. The highest BCUT2D eigenvalue weighted by atomic mass is 16.1. The highest BCUT2D eigenvalue weighted by Gasteiger charge is 2.39. The summed E-state index contributed by atoms with van der Waals surface area (Å²) in [6, 6.07) is 3.48. The van der Waals surface area contributed by atoms with Crippen molar-refractivity contribution in [2.45, 2.75) is 44.6 Å². The van der Waals surface area contributed by atoms with Crippen LogP contribution in [0.4, 0.5) is 5.82 Å². The largest absolute Gasteiger partial charge is 0.384 e. The number of hydrogen-bond donors (Lipinski definition) is 2. The van der Waals surface area contributed by atoms with Crippen LogP contribution in [0.15, 0.2) is 12.1 Å². The Balaban J connectivity index is 2.07. The van der Waals surface area contributed by atoms with Gasteiger partial charge in [0.2, 0.25) is 0 Å². The molecule has 1 fully saturated rings. The maximum absolute atomic E-state index is 12.4. The van der Waals surface area contributed by atoms with Crippen molar-refractivity contribution in [2.24, 2.45) is 0 Å². The number of carbonyl (C=O) groups is 1. The van der Waals surface area contributed by atoms with Gasteiger partial charge in [-0.15, -0.1) is 0 Å². The Morgan fingerprint density at radius 3 is 2.57 bits per heavy atom. The van der Waals surface area contributed by atoms with Crippen LogP contribution in [0.1, 0.15) is 55.1 Å². The van der Waals surface area contributed by atoms with Gasteiger partial charge in [-0.05, 0) is 51.4 Å². The summed E-state index contributed by atoms with van der Waals surface area (Å²) in [6.07, 6.45) is 3.50. The average molecular weight is 290 g/mol. The van der Waals surface area contributed by atoms with E-state index in [0.29, 0.717) is 17.9 Å². The minimum absolute atomic E-state index is 0.0703. The lowest BCUT2D eigenvalue weighted by molar-refractivity contribution is 0.0557. The van der Waals surface area contributed by atoms with Crippen molar-refractivity contribution in [3.63, 3.8) is 0 Å². The number of aromatic nitrogens is 1. The Labute approximate surface area is 126 Å². The van der Waals surface area contributed by atoms with Crippen molar-refractivity contribution in [1.29, 1.82) is 0 Å². The minimum atomic E-state index is -0.0703. The van der Waals surface area contributed by atoms with Crippen LogP contribution in [0.3, 0.4) is 0 Å². The van der Waals surface area contributed by atoms with E-state index in [2.05, 4.69) is 29.3 Å². The molecule has 0 atom stereocenters. The topological polar surface area (TPSA) is 71.2 Å². The van der Waals surface area contributed by atoms with Crippen LogP contribution in [0.25, 0.3) is 0 Å². The SMILES string of the molecule is CC(C)c1cc(C(=O)NCC2(N(C)C)CCC2)cc(N)n1. The number of pyridine rings is 1. The molecule has 0 saturated heterocycles. The Kier molecular flexibility index (Phi) is 4.52. The van der Waals surface area contributed by atoms with Gasteiger partial charge in [0.15, 0.2) is 0 Å². The number of nitrogens with two attached hydrogens (primary N) is 1. The molecule has 2 rings (SSSR count). The number of likely N-dealkylation sites (N-methyl/N-ethyl adjacent to an activating group) is 1. The predicted molar refractivity (Wildman–Crippen MR) is 85.3 cm³/mol. The van der Waals surface area contributed by atoms with Crippen molar-refractivity contribution in [3.05, 3.63) is 23.4 Å². The first-order valence-corrected chi connectivity index (χ1v) is 7.57. The van der Waals surface area contributed by atoms with Gasteiger partial charge >= 0.3 is 0 Å². The maximum Gasteiger partial charge on any atom is 0.251 e. The zero-order valence-electron chi connectivity index (χ0n) is 13.4. The fraction of sp³-hybridized carbons (Fsp3) is 0.625. The number of nitrogens with zero attached hydrogens (tertiary/aromatic N) is 2. The van der Waals surface area contributed by atoms with E-state index in [-0.39, 0.29) is 17.4 Å². The van der Waals surface area contributed by atoms with Gasteiger partial charge in [0, 0.05) is 23.3 Å². The third-order valence-electron chi connectivity index (χ3n) is 4.53. The highest BCUT2D eigenvalue weighted by molar-refractivity contribution is 5.95. The van der Waals surface area contributed by atoms with Gasteiger partial charge in [0.1, 0.15) is 5.82 Å². The third-order valence-corrected chi connectivity index (χ3v) is 4.53. The van der Waals surface area contributed by atoms with E-state index >= 15 is 0 Å². The summed E-state index contributed by atoms with van der Waals surface area (Å²) in [7, 11) is 4.15. The standard InChI is InChI=1S/C16H26N4O/c1-11(2)13-8-12(9-14(17)19-13)15(21)18-10-16(20(3)4)6-5-7-16/h8-9,11H,5-7,10H2,1-4H3,(H2,17,19)(H,18,21). The molecule has 1 aromatic rings. The molecule has 1 heterocycles. The van der Waals surface area contributed by atoms with E-state index < -0.39 is 0 Å². The molecule has 1 saturated carbocycles. The maximum atomic E-state index is 12.4. The summed E-state index contributed by atoms with van der Waals surface area (Å²) in [5.74, 6) is 0.580. The Morgan fingerprint density at radius 2 is 2.10 bits per heavy atom. The number of amides is 1. The van der Waals surface area contributed by atoms with Crippen LogP contribution in [-0.4, -0.2) is 42.0 Å². The third kappa shape index (κ3) is 3.35. The van der Waals surface area contributed by atoms with Gasteiger partial charge in [-0.3, -0.25) is 4.79 Å². The molecular weight excluding hydrogens is 264 g/mol. The second-order valence-corrected chi connectivity index (χ2v) is 6.52. The van der Waals surface area contributed by atoms with Crippen molar-refractivity contribution in [1.82, 2.24) is 15.2 Å². The Bertz CT molecular complexity index is 521. The van der Waals surface area contributed by atoms with Crippen molar-refractivity contribution < 1.29 is 4.79 Å². The van der Waals surface area contributed by atoms with E-state index in [1.807, 2.05) is 19.9 Å². The lowest BCUT2D eigenvalue weighted by Crippen LogP contribution is -2.57. The summed E-state index contributed by atoms with van der Waals surface area (Å²) in [4.78, 5) is 18.9. The quantitative estimate of drug-likeness (QED) is 0.870. The number of anilines is 1. The fourth-order valence-electron chi connectivity index (χ4n) is 2.71. The highest BCUT2D eigenvalue weighted by Crippen LogP contribution is 2.35. The summed E-state index contributed by atoms with van der Waals surface area (Å²) in [5.41, 5.74) is 7.37. The van der Waals surface area contributed by atoms with E-state index in [0.717, 1.165) is 18.5 Å². The summed E-state index contributed by atoms with van der Waals surface area (Å²) in [5, 5.41) is 3.05. The van der Waals surface area contributed by atoms with Crippen LogP contribution in [0, 0.1) is 0 Å². The van der Waals surface area contributed by atoms with Crippen molar-refractivity contribution in [2.75, 3.05) is 26.4 Å². The molecule has 0 radical (unpaired) electrons. The molecule has 3 N–H and O–H groups in total. The second-order valence-electron chi connectivity index (χ2n) is 6.52. The zero-order chi connectivity index (χ0) is 15.6. The van der Waals surface area contributed by atoms with Gasteiger partial charge < -0.3 is 16.0 Å². The van der Waals surface area contributed by atoms with E-state index in [9.17, 15) is 4.79 Å². The Hall–Kier alpha value is -1.62. The molecule has 21 heavy (non-hydrogen) atoms. The van der Waals surface area contributed by atoms with Crippen molar-refractivity contribution >= 4 is 11.7 Å². The molecule has 5 nitrogen and oxygen atoms in total. The smallest absolute Gasteiger partial charge is 0.251 e. The molecule has 1 amide bonds. The Morgan fingerprint density at radius 1 is 1.43 bits per heavy atom. The summed E-state index contributed by atoms with van der Waals surface area (Å²) >= 11 is 0. The van der Waals surface area contributed by atoms with Crippen LogP contribution in [-0.2, 0) is 0 Å². The van der Waals surface area contributed by atoms with Crippen LogP contribution >= 0.6 is 0 Å². The molecule has 1 aliphatic rings. The molecule has 0 aromatic carbocycles. The molecular formula is C16H26N4O. The fourth-order valence-corrected chi connectivity index (χ4v) is 2.71. The molecule has 1 aliphatic carbocycles. The lowest BCUT2D eigenvalue weighted by Gasteiger charge is -2.47. The van der Waals surface area contributed by atoms with Gasteiger partial charge in [0.05, 0.1) is 0 Å². The molecule has 0 spiro atoms. The second kappa shape index (κ2) is 6.02. The molecule has 1 aromatic heterocycles. The van der Waals surface area contributed by atoms with Crippen LogP contribution in [0.2, 0.25) is 0 Å². The predicted octanol–water partition coefficient (Wildman–Crippen LogP) is 2.00. The van der Waals surface area contributed by atoms with E-state index in [1.54, 1.807) is 6.07 Å². The van der Waals surface area contributed by atoms with Gasteiger partial charge in [0.25, 0.3) is 5.91 Å². The zero-order valence-corrected chi connectivity index (χ0v) is 13.4. The van der Waals surface area contributed by atoms with Crippen LogP contribution in [0.5, 0.6) is 0 Å².